The van der Waals surface area contributed by atoms with Crippen molar-refractivity contribution in [3.05, 3.63) is 35.6 Å². The van der Waals surface area contributed by atoms with Crippen molar-refractivity contribution in [2.45, 2.75) is 38.8 Å². The second kappa shape index (κ2) is 8.24. The van der Waals surface area contributed by atoms with E-state index in [9.17, 15) is 9.59 Å². The summed E-state index contributed by atoms with van der Waals surface area (Å²) in [5, 5.41) is 20.7. The molecule has 1 amide bonds. The lowest BCUT2D eigenvalue weighted by molar-refractivity contribution is -0.144. The first kappa shape index (κ1) is 19.8. The third-order valence-corrected chi connectivity index (χ3v) is 3.39. The van der Waals surface area contributed by atoms with Crippen LogP contribution in [0.5, 0.6) is 0 Å². The van der Waals surface area contributed by atoms with Crippen molar-refractivity contribution in [2.24, 2.45) is 0 Å². The van der Waals surface area contributed by atoms with E-state index in [-0.39, 0.29) is 12.2 Å². The van der Waals surface area contributed by atoms with Crippen molar-refractivity contribution in [1.29, 1.82) is 10.5 Å². The quantitative estimate of drug-likeness (QED) is 0.803. The summed E-state index contributed by atoms with van der Waals surface area (Å²) in [6.07, 6.45) is -0.672. The first-order valence-corrected chi connectivity index (χ1v) is 8.17. The number of furan rings is 1. The topological polar surface area (TPSA) is 125 Å². The monoisotopic (exact) mass is 369 g/mol. The van der Waals surface area contributed by atoms with Gasteiger partial charge in [-0.15, -0.1) is 0 Å². The average molecular weight is 369 g/mol. The fraction of sp³-hybridized carbons (Fsp3) is 0.368. The van der Waals surface area contributed by atoms with Crippen molar-refractivity contribution >= 4 is 23.0 Å². The number of ether oxygens (including phenoxy) is 2. The Morgan fingerprint density at radius 2 is 2.00 bits per heavy atom. The lowest BCUT2D eigenvalue weighted by Crippen LogP contribution is -2.45. The number of hydrogen-bond acceptors (Lipinski definition) is 7. The van der Waals surface area contributed by atoms with Crippen molar-refractivity contribution in [2.75, 3.05) is 6.61 Å². The number of esters is 1. The Hall–Kier alpha value is -3.52. The van der Waals surface area contributed by atoms with Gasteiger partial charge in [0.2, 0.25) is 5.76 Å². The molecule has 2 rings (SSSR count). The molecule has 0 saturated heterocycles. The maximum atomic E-state index is 12.2. The minimum Gasteiger partial charge on any atom is -0.449 e. The summed E-state index contributed by atoms with van der Waals surface area (Å²) < 4.78 is 15.4. The molecule has 2 aromatic rings. The third-order valence-electron chi connectivity index (χ3n) is 3.39. The van der Waals surface area contributed by atoms with Gasteiger partial charge in [0, 0.05) is 17.9 Å². The van der Waals surface area contributed by atoms with E-state index in [2.05, 4.69) is 5.32 Å². The fourth-order valence-corrected chi connectivity index (χ4v) is 2.34. The number of nitrogens with one attached hydrogen (secondary N) is 1. The lowest BCUT2D eigenvalue weighted by atomic mass is 10.0. The van der Waals surface area contributed by atoms with Crippen molar-refractivity contribution < 1.29 is 23.5 Å². The molecule has 0 spiro atoms. The smallest absolute Gasteiger partial charge is 0.408 e. The summed E-state index contributed by atoms with van der Waals surface area (Å²) in [6.45, 7) is 4.68. The van der Waals surface area contributed by atoms with E-state index < -0.39 is 30.3 Å². The maximum Gasteiger partial charge on any atom is 0.408 e. The minimum absolute atomic E-state index is 0.0992. The molecular weight excluding hydrogens is 350 g/mol. The van der Waals surface area contributed by atoms with Crippen LogP contribution >= 0.6 is 0 Å². The van der Waals surface area contributed by atoms with Crippen LogP contribution in [0.25, 0.3) is 11.0 Å². The second-order valence-electron chi connectivity index (χ2n) is 6.76. The van der Waals surface area contributed by atoms with Crippen LogP contribution in [0.15, 0.2) is 28.7 Å². The zero-order chi connectivity index (χ0) is 20.0. The predicted molar refractivity (Wildman–Crippen MR) is 94.4 cm³/mol. The van der Waals surface area contributed by atoms with Crippen LogP contribution in [0.2, 0.25) is 0 Å². The van der Waals surface area contributed by atoms with Gasteiger partial charge in [-0.2, -0.15) is 10.5 Å². The Labute approximate surface area is 156 Å². The Balaban J connectivity index is 2.19. The Morgan fingerprint density at radius 3 is 2.63 bits per heavy atom. The summed E-state index contributed by atoms with van der Waals surface area (Å²) in [5.41, 5.74) is 0.438. The molecule has 0 aliphatic rings. The van der Waals surface area contributed by atoms with E-state index in [4.69, 9.17) is 24.4 Å². The van der Waals surface area contributed by atoms with Crippen LogP contribution in [0.3, 0.4) is 0 Å². The molecule has 27 heavy (non-hydrogen) atoms. The summed E-state index contributed by atoms with van der Waals surface area (Å²) in [5.74, 6) is -0.571. The van der Waals surface area contributed by atoms with Gasteiger partial charge in [-0.25, -0.2) is 9.59 Å². The zero-order valence-corrected chi connectivity index (χ0v) is 15.2. The van der Waals surface area contributed by atoms with Crippen molar-refractivity contribution in [3.8, 4) is 12.1 Å². The minimum atomic E-state index is -1.05. The molecule has 8 nitrogen and oxygen atoms in total. The molecular formula is C19H19N3O5. The molecule has 0 fully saturated rings. The highest BCUT2D eigenvalue weighted by Gasteiger charge is 2.26. The highest BCUT2D eigenvalue weighted by Crippen LogP contribution is 2.21. The lowest BCUT2D eigenvalue weighted by Gasteiger charge is -2.22. The number of alkyl carbamates (subject to hydrolysis) is 1. The molecule has 0 saturated carbocycles. The van der Waals surface area contributed by atoms with Gasteiger partial charge in [0.25, 0.3) is 0 Å². The second-order valence-corrected chi connectivity index (χ2v) is 6.76. The largest absolute Gasteiger partial charge is 0.449 e. The molecule has 0 unspecified atom stereocenters. The Bertz CT molecular complexity index is 927. The molecule has 1 aromatic heterocycles. The van der Waals surface area contributed by atoms with E-state index in [1.165, 1.54) is 0 Å². The summed E-state index contributed by atoms with van der Waals surface area (Å²) in [4.78, 5) is 24.2. The molecule has 1 aromatic carbocycles. The standard InChI is InChI=1S/C19H19N3O5/c1-19(2,3)27-18(24)22-15(17(23)25-7-6-20)8-12-4-5-13-10-14(11-21)26-16(13)9-12/h4-5,9-10,15H,7-8H2,1-3H3,(H,22,24)/t15-/m0/s1. The molecule has 1 N–H and O–H groups in total. The number of fused-ring (bicyclic) bond motifs is 1. The molecule has 8 heteroatoms. The van der Waals surface area contributed by atoms with E-state index in [0.29, 0.717) is 11.1 Å². The number of nitrogens with zero attached hydrogens (tertiary/aromatic N) is 2. The number of hydrogen-bond donors (Lipinski definition) is 1. The molecule has 0 bridgehead atoms. The number of amides is 1. The first-order valence-electron chi connectivity index (χ1n) is 8.17. The number of rotatable bonds is 5. The Kier molecular flexibility index (Phi) is 6.04. The number of carbonyl (C=O) groups is 2. The fourth-order valence-electron chi connectivity index (χ4n) is 2.34. The summed E-state index contributed by atoms with van der Waals surface area (Å²) in [6, 6.07) is 9.37. The van der Waals surface area contributed by atoms with Gasteiger partial charge in [-0.1, -0.05) is 12.1 Å². The molecule has 0 radical (unpaired) electrons. The maximum absolute atomic E-state index is 12.2. The van der Waals surface area contributed by atoms with Crippen LogP contribution in [0, 0.1) is 22.7 Å². The molecule has 1 heterocycles. The van der Waals surface area contributed by atoms with Crippen LogP contribution in [0.1, 0.15) is 32.1 Å². The highest BCUT2D eigenvalue weighted by molar-refractivity contribution is 5.83. The normalized spacial score (nSPS) is 11.9. The Morgan fingerprint density at radius 1 is 1.26 bits per heavy atom. The van der Waals surface area contributed by atoms with Gasteiger partial charge in [0.1, 0.15) is 29.4 Å². The number of nitriles is 2. The predicted octanol–water partition coefficient (Wildman–Crippen LogP) is 2.81. The van der Waals surface area contributed by atoms with E-state index in [1.807, 2.05) is 6.07 Å². The summed E-state index contributed by atoms with van der Waals surface area (Å²) >= 11 is 0. The molecule has 140 valence electrons. The first-order chi connectivity index (χ1) is 12.7. The van der Waals surface area contributed by atoms with Gasteiger partial charge in [0.05, 0.1) is 0 Å². The third kappa shape index (κ3) is 5.75. The van der Waals surface area contributed by atoms with E-state index in [1.54, 1.807) is 51.1 Å². The SMILES string of the molecule is CC(C)(C)OC(=O)N[C@@H](Cc1ccc2cc(C#N)oc2c1)C(=O)OCC#N. The number of carbonyl (C=O) groups excluding carboxylic acids is 2. The van der Waals surface area contributed by atoms with Crippen molar-refractivity contribution in [1.82, 2.24) is 5.32 Å². The van der Waals surface area contributed by atoms with Gasteiger partial charge < -0.3 is 19.2 Å². The van der Waals surface area contributed by atoms with Crippen molar-refractivity contribution in [3.63, 3.8) is 0 Å². The van der Waals surface area contributed by atoms with Gasteiger partial charge in [-0.3, -0.25) is 0 Å². The van der Waals surface area contributed by atoms with Crippen LogP contribution < -0.4 is 5.32 Å². The van der Waals surface area contributed by atoms with Crippen LogP contribution in [-0.4, -0.2) is 30.3 Å². The zero-order valence-electron chi connectivity index (χ0n) is 15.2. The average Bonchev–Trinajstić information content (AvgIpc) is 2.99. The number of benzene rings is 1. The van der Waals surface area contributed by atoms with Gasteiger partial charge >= 0.3 is 12.1 Å². The molecule has 0 aliphatic carbocycles. The van der Waals surface area contributed by atoms with Crippen LogP contribution in [-0.2, 0) is 20.7 Å². The summed E-state index contributed by atoms with van der Waals surface area (Å²) in [7, 11) is 0. The van der Waals surface area contributed by atoms with E-state index >= 15 is 0 Å². The van der Waals surface area contributed by atoms with Gasteiger partial charge in [0.15, 0.2) is 6.61 Å². The van der Waals surface area contributed by atoms with Gasteiger partial charge in [-0.05, 0) is 32.4 Å². The molecule has 0 aliphatic heterocycles. The van der Waals surface area contributed by atoms with Crippen LogP contribution in [0.4, 0.5) is 4.79 Å². The van der Waals surface area contributed by atoms with E-state index in [0.717, 1.165) is 5.39 Å². The molecule has 1 atom stereocenters. The highest BCUT2D eigenvalue weighted by atomic mass is 16.6.